The third-order valence-corrected chi connectivity index (χ3v) is 1.12. The predicted molar refractivity (Wildman–Crippen MR) is 41.7 cm³/mol. The zero-order valence-electron chi connectivity index (χ0n) is 9.46. The molecule has 0 heterocycles. The molecule has 4 heteroatoms. The van der Waals surface area contributed by atoms with Crippen LogP contribution < -0.4 is 5.46 Å². The van der Waals surface area contributed by atoms with Crippen molar-refractivity contribution in [3.63, 3.8) is 0 Å². The van der Waals surface area contributed by atoms with E-state index in [1.165, 1.54) is 0 Å². The second-order valence-corrected chi connectivity index (χ2v) is 1.82. The predicted octanol–water partition coefficient (Wildman–Crippen LogP) is -0.821. The average molecular weight is 154 g/mol. The van der Waals surface area contributed by atoms with Crippen molar-refractivity contribution in [3.8, 4) is 0 Å². The van der Waals surface area contributed by atoms with Crippen LogP contribution in [0.4, 0.5) is 0 Å². The minimum atomic E-state index is -2.11. The van der Waals surface area contributed by atoms with Crippen molar-refractivity contribution >= 4 is 18.9 Å². The molecule has 0 bridgehead atoms. The summed E-state index contributed by atoms with van der Waals surface area (Å²) in [5, 5.41) is 17.8. The van der Waals surface area contributed by atoms with Gasteiger partial charge in [0.2, 0.25) is 0 Å². The van der Waals surface area contributed by atoms with Crippen molar-refractivity contribution in [2.45, 2.75) is 0 Å². The van der Waals surface area contributed by atoms with E-state index in [1.807, 2.05) is 0 Å². The van der Waals surface area contributed by atoms with Crippen LogP contribution in [0.3, 0.4) is 0 Å². The molecule has 0 fully saturated rings. The van der Waals surface area contributed by atoms with Gasteiger partial charge in [0.05, 0.1) is 5.48 Å². The molecule has 0 aliphatic carbocycles. The maximum Gasteiger partial charge on any atom is 0.489 e. The Morgan fingerprint density at radius 2 is 2.09 bits per heavy atom. The van der Waals surface area contributed by atoms with Crippen LogP contribution in [0.25, 0.3) is 0 Å². The monoisotopic (exact) mass is 154 g/mol. The maximum absolute atomic E-state index is 10.6. The molecule has 1 aromatic carbocycles. The summed E-state index contributed by atoms with van der Waals surface area (Å²) in [6.45, 7) is 0. The van der Waals surface area contributed by atoms with Gasteiger partial charge in [-0.2, -0.15) is 0 Å². The maximum atomic E-state index is 10.6. The Labute approximate surface area is 70.1 Å². The Kier molecular flexibility index (Phi) is 1.22. The number of aldehydes is 1. The fourth-order valence-electron chi connectivity index (χ4n) is 0.628. The molecule has 0 spiro atoms. The summed E-state index contributed by atoms with van der Waals surface area (Å²) >= 11 is 0. The minimum absolute atomic E-state index is 0.173. The van der Waals surface area contributed by atoms with Gasteiger partial charge in [0.25, 0.3) is 0 Å². The van der Waals surface area contributed by atoms with Crippen LogP contribution in [0.15, 0.2) is 24.2 Å². The summed E-state index contributed by atoms with van der Waals surface area (Å²) in [7, 11) is -2.11. The molecule has 0 amide bonds. The van der Waals surface area contributed by atoms with Gasteiger partial charge < -0.3 is 10.0 Å². The molecular weight excluding hydrogens is 143 g/mol. The molecule has 11 heavy (non-hydrogen) atoms. The van der Waals surface area contributed by atoms with Gasteiger partial charge in [0.15, 0.2) is 0 Å². The highest BCUT2D eigenvalue weighted by Crippen LogP contribution is 1.92. The first-order valence-corrected chi connectivity index (χ1v) is 2.83. The van der Waals surface area contributed by atoms with Gasteiger partial charge >= 0.3 is 7.12 Å². The lowest BCUT2D eigenvalue weighted by Gasteiger charge is -2.00. The third-order valence-electron chi connectivity index (χ3n) is 1.12. The fraction of sp³-hybridized carbons (Fsp3) is 0. The van der Waals surface area contributed by atoms with E-state index in [2.05, 4.69) is 0 Å². The van der Waals surface area contributed by atoms with E-state index in [0.717, 1.165) is 0 Å². The highest BCUT2D eigenvalue weighted by molar-refractivity contribution is 6.60. The smallest absolute Gasteiger partial charge is 0.423 e. The summed E-state index contributed by atoms with van der Waals surface area (Å²) in [5.41, 5.74) is -0.938. The van der Waals surface area contributed by atoms with E-state index in [4.69, 9.17) is 15.5 Å². The first-order valence-electron chi connectivity index (χ1n) is 4.83. The number of hydrogen-bond donors (Lipinski definition) is 2. The molecule has 3 nitrogen and oxygen atoms in total. The Hall–Kier alpha value is -1.13. The summed E-state index contributed by atoms with van der Waals surface area (Å²) < 4.78 is 29.2. The average Bonchev–Trinajstić information content (AvgIpc) is 2.19. The normalized spacial score (nSPS) is 14.4. The first-order chi connectivity index (χ1) is 6.91. The summed E-state index contributed by atoms with van der Waals surface area (Å²) in [6.07, 6.45) is 0.173. The first kappa shape index (κ1) is 4.04. The van der Waals surface area contributed by atoms with Crippen LogP contribution in [0, 0.1) is 0 Å². The minimum Gasteiger partial charge on any atom is -0.423 e. The summed E-state index contributed by atoms with van der Waals surface area (Å²) in [6, 6.07) is -2.37. The zero-order chi connectivity index (χ0) is 11.7. The Morgan fingerprint density at radius 3 is 2.64 bits per heavy atom. The van der Waals surface area contributed by atoms with E-state index in [-0.39, 0.29) is 6.29 Å². The van der Waals surface area contributed by atoms with Crippen molar-refractivity contribution in [2.24, 2.45) is 0 Å². The summed E-state index contributed by atoms with van der Waals surface area (Å²) in [5.74, 6) is 0. The number of benzene rings is 1. The molecule has 0 atom stereocenters. The number of carbonyl (C=O) groups excluding carboxylic acids is 1. The lowest BCUT2D eigenvalue weighted by atomic mass is 9.77. The van der Waals surface area contributed by atoms with Crippen LogP contribution >= 0.6 is 0 Å². The zero-order valence-corrected chi connectivity index (χ0v) is 5.46. The van der Waals surface area contributed by atoms with Crippen LogP contribution in [-0.2, 0) is 0 Å². The van der Waals surface area contributed by atoms with E-state index in [1.54, 1.807) is 0 Å². The highest BCUT2D eigenvalue weighted by Gasteiger charge is 2.13. The molecule has 0 aliphatic heterocycles. The van der Waals surface area contributed by atoms with Gasteiger partial charge in [0, 0.05) is 5.56 Å². The van der Waals surface area contributed by atoms with Crippen molar-refractivity contribution in [2.75, 3.05) is 0 Å². The van der Waals surface area contributed by atoms with Gasteiger partial charge in [-0.05, 0) is 5.46 Å². The third kappa shape index (κ3) is 1.66. The van der Waals surface area contributed by atoms with Crippen molar-refractivity contribution < 1.29 is 20.3 Å². The Morgan fingerprint density at radius 1 is 1.45 bits per heavy atom. The number of carbonyl (C=O) groups is 1. The standard InChI is InChI=1S/C7H7BO3/c9-5-6-3-1-2-4-7(6)8(10)11/h1-5,10-11H/i1D,2D,3D,4D. The molecule has 0 unspecified atom stereocenters. The lowest BCUT2D eigenvalue weighted by molar-refractivity contribution is 0.112. The molecule has 0 saturated heterocycles. The largest absolute Gasteiger partial charge is 0.489 e. The van der Waals surface area contributed by atoms with Gasteiger partial charge in [-0.15, -0.1) is 0 Å². The molecule has 1 aromatic rings. The van der Waals surface area contributed by atoms with Crippen molar-refractivity contribution in [1.29, 1.82) is 0 Å². The van der Waals surface area contributed by atoms with Gasteiger partial charge in [-0.25, -0.2) is 0 Å². The van der Waals surface area contributed by atoms with Gasteiger partial charge in [0.1, 0.15) is 6.29 Å². The fourth-order valence-corrected chi connectivity index (χ4v) is 0.628. The second kappa shape index (κ2) is 3.32. The molecule has 0 aromatic heterocycles. The van der Waals surface area contributed by atoms with Crippen molar-refractivity contribution in [3.05, 3.63) is 29.7 Å². The summed E-state index contributed by atoms with van der Waals surface area (Å²) in [4.78, 5) is 10.6. The topological polar surface area (TPSA) is 57.5 Å². The van der Waals surface area contributed by atoms with E-state index in [0.29, 0.717) is 0 Å². The second-order valence-electron chi connectivity index (χ2n) is 1.82. The van der Waals surface area contributed by atoms with E-state index in [9.17, 15) is 4.79 Å². The molecule has 0 saturated carbocycles. The molecule has 1 rings (SSSR count). The van der Waals surface area contributed by atoms with Gasteiger partial charge in [-0.1, -0.05) is 24.2 Å². The SMILES string of the molecule is [2H]c1c([2H])c([2H])c(B(O)O)c(C=O)c1[2H]. The Balaban J connectivity index is 3.70. The molecule has 0 aliphatic rings. The van der Waals surface area contributed by atoms with Gasteiger partial charge in [-0.3, -0.25) is 4.79 Å². The molecule has 0 radical (unpaired) electrons. The molecule has 56 valence electrons. The molecular formula is C7H7BO3. The van der Waals surface area contributed by atoms with Crippen LogP contribution in [0.5, 0.6) is 0 Å². The van der Waals surface area contributed by atoms with Crippen LogP contribution in [0.1, 0.15) is 15.8 Å². The van der Waals surface area contributed by atoms with Crippen molar-refractivity contribution in [1.82, 2.24) is 0 Å². The Bertz CT molecular complexity index is 421. The highest BCUT2D eigenvalue weighted by atomic mass is 16.4. The van der Waals surface area contributed by atoms with E-state index < -0.39 is 42.3 Å². The van der Waals surface area contributed by atoms with Crippen LogP contribution in [0.2, 0.25) is 0 Å². The van der Waals surface area contributed by atoms with Crippen LogP contribution in [-0.4, -0.2) is 23.5 Å². The van der Waals surface area contributed by atoms with E-state index >= 15 is 0 Å². The molecule has 2 N–H and O–H groups in total. The number of rotatable bonds is 2. The lowest BCUT2D eigenvalue weighted by Crippen LogP contribution is -2.32. The quantitative estimate of drug-likeness (QED) is 0.432. The number of hydrogen-bond acceptors (Lipinski definition) is 3.